The van der Waals surface area contributed by atoms with E-state index in [1.165, 1.54) is 6.92 Å². The summed E-state index contributed by atoms with van der Waals surface area (Å²) in [5.41, 5.74) is -0.293. The number of carboxylic acid groups (broad SMARTS) is 1. The summed E-state index contributed by atoms with van der Waals surface area (Å²) < 4.78 is 1.04. The normalized spacial score (nSPS) is 18.9. The molecule has 20 heavy (non-hydrogen) atoms. The number of hydrogen-bond acceptors (Lipinski definition) is 6. The van der Waals surface area contributed by atoms with Gasteiger partial charge in [0.2, 0.25) is 17.7 Å². The van der Waals surface area contributed by atoms with Crippen LogP contribution in [0.2, 0.25) is 0 Å². The van der Waals surface area contributed by atoms with E-state index in [-0.39, 0.29) is 18.8 Å². The van der Waals surface area contributed by atoms with Gasteiger partial charge in [0.25, 0.3) is 0 Å². The van der Waals surface area contributed by atoms with Gasteiger partial charge in [-0.3, -0.25) is 19.7 Å². The summed E-state index contributed by atoms with van der Waals surface area (Å²) in [5.74, 6) is -2.90. The third-order valence-electron chi connectivity index (χ3n) is 2.80. The summed E-state index contributed by atoms with van der Waals surface area (Å²) in [6, 6.07) is -0.775. The van der Waals surface area contributed by atoms with Crippen molar-refractivity contribution in [1.29, 1.82) is 0 Å². The molecule has 2 heterocycles. The Kier molecular flexibility index (Phi) is 3.46. The van der Waals surface area contributed by atoms with E-state index < -0.39 is 29.7 Å². The molecule has 0 saturated carbocycles. The van der Waals surface area contributed by atoms with Crippen LogP contribution < -0.4 is 5.32 Å². The lowest BCUT2D eigenvalue weighted by atomic mass is 10.2. The van der Waals surface area contributed by atoms with Crippen LogP contribution in [-0.4, -0.2) is 61.3 Å². The number of nitrogens with one attached hydrogen (secondary N) is 1. The van der Waals surface area contributed by atoms with E-state index in [0.717, 1.165) is 15.8 Å². The minimum atomic E-state index is -1.26. The number of rotatable bonds is 3. The Morgan fingerprint density at radius 2 is 2.20 bits per heavy atom. The maximum atomic E-state index is 12.0. The fourth-order valence-electron chi connectivity index (χ4n) is 1.72. The molecule has 0 aliphatic carbocycles. The van der Waals surface area contributed by atoms with Gasteiger partial charge in [-0.1, -0.05) is 5.21 Å². The van der Waals surface area contributed by atoms with Crippen molar-refractivity contribution in [2.45, 2.75) is 19.5 Å². The van der Waals surface area contributed by atoms with E-state index in [9.17, 15) is 19.2 Å². The highest BCUT2D eigenvalue weighted by molar-refractivity contribution is 6.04. The number of piperazine rings is 1. The fourth-order valence-corrected chi connectivity index (χ4v) is 1.72. The molecule has 1 aromatic rings. The molecule has 0 bridgehead atoms. The van der Waals surface area contributed by atoms with Gasteiger partial charge in [0.1, 0.15) is 19.1 Å². The Labute approximate surface area is 112 Å². The summed E-state index contributed by atoms with van der Waals surface area (Å²) in [4.78, 5) is 46.4. The van der Waals surface area contributed by atoms with E-state index in [0.29, 0.717) is 0 Å². The first-order chi connectivity index (χ1) is 9.38. The van der Waals surface area contributed by atoms with Crippen molar-refractivity contribution < 1.29 is 24.3 Å². The monoisotopic (exact) mass is 281 g/mol. The van der Waals surface area contributed by atoms with Gasteiger partial charge in [0.15, 0.2) is 5.69 Å². The van der Waals surface area contributed by atoms with Gasteiger partial charge in [0.05, 0.1) is 6.20 Å². The fraction of sp³-hybridized carbons (Fsp3) is 0.400. The van der Waals surface area contributed by atoms with Crippen LogP contribution in [0.3, 0.4) is 0 Å². The van der Waals surface area contributed by atoms with Crippen LogP contribution in [-0.2, 0) is 20.9 Å². The number of carboxylic acids is 1. The number of imide groups is 1. The lowest BCUT2D eigenvalue weighted by molar-refractivity contribution is -0.149. The maximum Gasteiger partial charge on any atom is 0.358 e. The molecule has 1 aromatic heterocycles. The first kappa shape index (κ1) is 13.6. The second-order valence-corrected chi connectivity index (χ2v) is 4.22. The SMILES string of the molecule is CC1C(=O)NC(=O)CN1C(=O)Cn1cc(C(=O)O)nn1. The molecule has 10 nitrogen and oxygen atoms in total. The molecule has 1 fully saturated rings. The van der Waals surface area contributed by atoms with Crippen LogP contribution in [0.25, 0.3) is 0 Å². The van der Waals surface area contributed by atoms with Crippen molar-refractivity contribution in [2.75, 3.05) is 6.54 Å². The molecule has 0 aromatic carbocycles. The van der Waals surface area contributed by atoms with Crippen molar-refractivity contribution in [3.8, 4) is 0 Å². The van der Waals surface area contributed by atoms with Crippen molar-refractivity contribution in [3.05, 3.63) is 11.9 Å². The van der Waals surface area contributed by atoms with Gasteiger partial charge in [-0.25, -0.2) is 9.48 Å². The van der Waals surface area contributed by atoms with Crippen LogP contribution >= 0.6 is 0 Å². The molecule has 1 unspecified atom stereocenters. The van der Waals surface area contributed by atoms with Crippen LogP contribution in [0.5, 0.6) is 0 Å². The number of nitrogens with zero attached hydrogens (tertiary/aromatic N) is 4. The Hall–Kier alpha value is -2.78. The third-order valence-corrected chi connectivity index (χ3v) is 2.80. The Balaban J connectivity index is 2.08. The summed E-state index contributed by atoms with van der Waals surface area (Å²) in [6.07, 6.45) is 1.09. The van der Waals surface area contributed by atoms with Gasteiger partial charge in [0, 0.05) is 0 Å². The average Bonchev–Trinajstić information content (AvgIpc) is 2.82. The molecule has 0 radical (unpaired) electrons. The van der Waals surface area contributed by atoms with E-state index in [4.69, 9.17) is 5.11 Å². The van der Waals surface area contributed by atoms with Gasteiger partial charge >= 0.3 is 5.97 Å². The molecule has 10 heteroatoms. The van der Waals surface area contributed by atoms with Crippen LogP contribution in [0.1, 0.15) is 17.4 Å². The summed E-state index contributed by atoms with van der Waals surface area (Å²) >= 11 is 0. The lowest BCUT2D eigenvalue weighted by Crippen LogP contribution is -2.59. The molecule has 1 saturated heterocycles. The lowest BCUT2D eigenvalue weighted by Gasteiger charge is -2.31. The second-order valence-electron chi connectivity index (χ2n) is 4.22. The standard InChI is InChI=1S/C10H11N5O5/c1-5-9(18)11-7(16)3-15(5)8(17)4-14-2-6(10(19)20)12-13-14/h2,5H,3-4H2,1H3,(H,19,20)(H,11,16,18). The predicted molar refractivity (Wildman–Crippen MR) is 61.3 cm³/mol. The van der Waals surface area contributed by atoms with Crippen molar-refractivity contribution in [3.63, 3.8) is 0 Å². The highest BCUT2D eigenvalue weighted by Gasteiger charge is 2.33. The molecule has 0 spiro atoms. The maximum absolute atomic E-state index is 12.0. The van der Waals surface area contributed by atoms with Gasteiger partial charge < -0.3 is 10.0 Å². The summed E-state index contributed by atoms with van der Waals surface area (Å²) in [6.45, 7) is 0.959. The van der Waals surface area contributed by atoms with E-state index >= 15 is 0 Å². The van der Waals surface area contributed by atoms with Crippen LogP contribution in [0.4, 0.5) is 0 Å². The molecule has 2 N–H and O–H groups in total. The van der Waals surface area contributed by atoms with Crippen molar-refractivity contribution in [1.82, 2.24) is 25.2 Å². The topological polar surface area (TPSA) is 134 Å². The zero-order chi connectivity index (χ0) is 14.9. The second kappa shape index (κ2) is 5.07. The predicted octanol–water partition coefficient (Wildman–Crippen LogP) is -2.15. The van der Waals surface area contributed by atoms with E-state index in [2.05, 4.69) is 15.6 Å². The molecule has 2 rings (SSSR count). The highest BCUT2D eigenvalue weighted by atomic mass is 16.4. The Bertz CT molecular complexity index is 595. The van der Waals surface area contributed by atoms with Crippen LogP contribution in [0.15, 0.2) is 6.20 Å². The molecule has 1 aliphatic rings. The number of hydrogen-bond donors (Lipinski definition) is 2. The molecule has 106 valence electrons. The van der Waals surface area contributed by atoms with E-state index in [1.54, 1.807) is 0 Å². The number of aromatic carboxylic acids is 1. The molecule has 3 amide bonds. The Morgan fingerprint density at radius 3 is 2.80 bits per heavy atom. The average molecular weight is 281 g/mol. The largest absolute Gasteiger partial charge is 0.476 e. The number of carbonyl (C=O) groups excluding carboxylic acids is 3. The summed E-state index contributed by atoms with van der Waals surface area (Å²) in [5, 5.41) is 17.6. The number of carbonyl (C=O) groups is 4. The first-order valence-electron chi connectivity index (χ1n) is 5.65. The zero-order valence-corrected chi connectivity index (χ0v) is 10.4. The smallest absolute Gasteiger partial charge is 0.358 e. The third kappa shape index (κ3) is 2.63. The minimum Gasteiger partial charge on any atom is -0.476 e. The first-order valence-corrected chi connectivity index (χ1v) is 5.65. The van der Waals surface area contributed by atoms with Gasteiger partial charge in [-0.15, -0.1) is 5.10 Å². The molecular formula is C10H11N5O5. The molecule has 1 aliphatic heterocycles. The van der Waals surface area contributed by atoms with Crippen LogP contribution in [0, 0.1) is 0 Å². The number of aromatic nitrogens is 3. The van der Waals surface area contributed by atoms with Gasteiger partial charge in [-0.2, -0.15) is 0 Å². The minimum absolute atomic E-state index is 0.230. The highest BCUT2D eigenvalue weighted by Crippen LogP contribution is 2.06. The molecular weight excluding hydrogens is 270 g/mol. The van der Waals surface area contributed by atoms with Gasteiger partial charge in [-0.05, 0) is 6.92 Å². The number of amides is 3. The van der Waals surface area contributed by atoms with Crippen molar-refractivity contribution in [2.24, 2.45) is 0 Å². The zero-order valence-electron chi connectivity index (χ0n) is 10.4. The Morgan fingerprint density at radius 1 is 1.50 bits per heavy atom. The summed E-state index contributed by atoms with van der Waals surface area (Å²) in [7, 11) is 0. The quantitative estimate of drug-likeness (QED) is 0.603. The van der Waals surface area contributed by atoms with E-state index in [1.807, 2.05) is 0 Å². The van der Waals surface area contributed by atoms with Crippen molar-refractivity contribution >= 4 is 23.7 Å². The molecule has 1 atom stereocenters.